The number of nitrogens with zero attached hydrogens (tertiary/aromatic N) is 4. The van der Waals surface area contributed by atoms with Crippen LogP contribution in [0.5, 0.6) is 0 Å². The molecule has 0 bridgehead atoms. The summed E-state index contributed by atoms with van der Waals surface area (Å²) in [7, 11) is 0. The minimum absolute atomic E-state index is 0.00228. The summed E-state index contributed by atoms with van der Waals surface area (Å²) in [6, 6.07) is 8.09. The average Bonchev–Trinajstić information content (AvgIpc) is 3.48. The average molecular weight is 378 g/mol. The number of aromatic nitrogens is 2. The van der Waals surface area contributed by atoms with E-state index in [1.807, 2.05) is 36.8 Å². The highest BCUT2D eigenvalue weighted by atomic mass is 16.5. The van der Waals surface area contributed by atoms with Gasteiger partial charge in [-0.1, -0.05) is 6.07 Å². The maximum absolute atomic E-state index is 13.6. The molecule has 2 aliphatic heterocycles. The summed E-state index contributed by atoms with van der Waals surface area (Å²) in [6.07, 6.45) is 9.80. The van der Waals surface area contributed by atoms with E-state index in [9.17, 15) is 4.79 Å². The number of ether oxygens (including phenoxy) is 1. The van der Waals surface area contributed by atoms with Gasteiger partial charge < -0.3 is 9.64 Å². The first-order valence-corrected chi connectivity index (χ1v) is 10.2. The Bertz CT molecular complexity index is 827. The monoisotopic (exact) mass is 378 g/mol. The highest BCUT2D eigenvalue weighted by molar-refractivity contribution is 5.88. The number of rotatable bonds is 5. The molecular formula is C22H26N4O2. The van der Waals surface area contributed by atoms with Crippen molar-refractivity contribution < 1.29 is 9.53 Å². The third kappa shape index (κ3) is 3.31. The van der Waals surface area contributed by atoms with E-state index in [-0.39, 0.29) is 11.8 Å². The van der Waals surface area contributed by atoms with Crippen molar-refractivity contribution >= 4 is 5.91 Å². The van der Waals surface area contributed by atoms with Gasteiger partial charge in [-0.25, -0.2) is 0 Å². The summed E-state index contributed by atoms with van der Waals surface area (Å²) < 4.78 is 6.33. The van der Waals surface area contributed by atoms with Gasteiger partial charge in [0.2, 0.25) is 0 Å². The zero-order valence-corrected chi connectivity index (χ0v) is 16.0. The molecule has 2 aromatic heterocycles. The van der Waals surface area contributed by atoms with Gasteiger partial charge in [0.05, 0.1) is 6.61 Å². The molecule has 2 aromatic rings. The van der Waals surface area contributed by atoms with E-state index in [4.69, 9.17) is 4.74 Å². The fourth-order valence-electron chi connectivity index (χ4n) is 4.65. The maximum atomic E-state index is 13.6. The summed E-state index contributed by atoms with van der Waals surface area (Å²) >= 11 is 0. The molecule has 3 aliphatic rings. The lowest BCUT2D eigenvalue weighted by Gasteiger charge is -2.42. The first-order chi connectivity index (χ1) is 13.7. The van der Waals surface area contributed by atoms with Crippen LogP contribution in [0.4, 0.5) is 0 Å². The number of carbonyl (C=O) groups is 1. The van der Waals surface area contributed by atoms with Gasteiger partial charge in [0.25, 0.3) is 5.91 Å². The van der Waals surface area contributed by atoms with Crippen molar-refractivity contribution in [3.05, 3.63) is 60.2 Å². The molecule has 0 unspecified atom stereocenters. The third-order valence-electron chi connectivity index (χ3n) is 6.25. The van der Waals surface area contributed by atoms with Gasteiger partial charge in [-0.15, -0.1) is 0 Å². The largest absolute Gasteiger partial charge is 0.361 e. The van der Waals surface area contributed by atoms with Crippen LogP contribution in [0.15, 0.2) is 49.1 Å². The summed E-state index contributed by atoms with van der Waals surface area (Å²) in [5.41, 5.74) is 1.49. The molecule has 5 rings (SSSR count). The van der Waals surface area contributed by atoms with Crippen LogP contribution in [0, 0.1) is 5.92 Å². The second kappa shape index (κ2) is 7.26. The van der Waals surface area contributed by atoms with Crippen molar-refractivity contribution in [3.8, 4) is 0 Å². The molecular weight excluding hydrogens is 352 g/mol. The molecule has 0 N–H and O–H groups in total. The van der Waals surface area contributed by atoms with Crippen LogP contribution < -0.4 is 0 Å². The van der Waals surface area contributed by atoms with Crippen LogP contribution in [0.1, 0.15) is 29.9 Å². The minimum Gasteiger partial charge on any atom is -0.361 e. The molecule has 4 heterocycles. The van der Waals surface area contributed by atoms with E-state index in [0.717, 1.165) is 25.2 Å². The van der Waals surface area contributed by atoms with Crippen molar-refractivity contribution in [2.24, 2.45) is 5.92 Å². The highest BCUT2D eigenvalue weighted by Crippen LogP contribution is 2.43. The Morgan fingerprint density at radius 3 is 2.75 bits per heavy atom. The highest BCUT2D eigenvalue weighted by Gasteiger charge is 2.57. The van der Waals surface area contributed by atoms with Crippen LogP contribution in [0.2, 0.25) is 0 Å². The standard InChI is InChI=1S/C22H26N4O2/c27-21-22(28-11-10-26(21)14-17-3-4-17)16-25(13-18-5-8-23-9-6-18)15-20(22)19-2-1-7-24-12-19/h1-2,5-9,12,17,20H,3-4,10-11,13-16H2/t20-,22-/m1/s1. The number of carbonyl (C=O) groups excluding carboxylic acids is 1. The molecule has 3 fully saturated rings. The Labute approximate surface area is 165 Å². The minimum atomic E-state index is -0.802. The van der Waals surface area contributed by atoms with Gasteiger partial charge >= 0.3 is 0 Å². The van der Waals surface area contributed by atoms with Crippen molar-refractivity contribution in [2.45, 2.75) is 30.9 Å². The van der Waals surface area contributed by atoms with Crippen LogP contribution in [-0.2, 0) is 16.1 Å². The fourth-order valence-corrected chi connectivity index (χ4v) is 4.65. The van der Waals surface area contributed by atoms with Gasteiger partial charge in [-0.05, 0) is 48.1 Å². The maximum Gasteiger partial charge on any atom is 0.256 e. The molecule has 2 atom stereocenters. The smallest absolute Gasteiger partial charge is 0.256 e. The van der Waals surface area contributed by atoms with Crippen molar-refractivity contribution in [1.82, 2.24) is 19.8 Å². The van der Waals surface area contributed by atoms with E-state index in [1.54, 1.807) is 6.20 Å². The van der Waals surface area contributed by atoms with Crippen LogP contribution in [-0.4, -0.2) is 64.1 Å². The Balaban J connectivity index is 1.44. The van der Waals surface area contributed by atoms with Crippen molar-refractivity contribution in [2.75, 3.05) is 32.8 Å². The predicted octanol–water partition coefficient (Wildman–Crippen LogP) is 2.08. The molecule has 0 radical (unpaired) electrons. The first kappa shape index (κ1) is 17.8. The van der Waals surface area contributed by atoms with Crippen molar-refractivity contribution in [3.63, 3.8) is 0 Å². The van der Waals surface area contributed by atoms with Crippen molar-refractivity contribution in [1.29, 1.82) is 0 Å². The summed E-state index contributed by atoms with van der Waals surface area (Å²) in [4.78, 5) is 26.5. The van der Waals surface area contributed by atoms with E-state index in [0.29, 0.717) is 25.6 Å². The Hall–Kier alpha value is -2.31. The number of likely N-dealkylation sites (tertiary alicyclic amines) is 1. The normalized spacial score (nSPS) is 28.2. The van der Waals surface area contributed by atoms with Crippen LogP contribution >= 0.6 is 0 Å². The van der Waals surface area contributed by atoms with Crippen LogP contribution in [0.3, 0.4) is 0 Å². The van der Waals surface area contributed by atoms with E-state index >= 15 is 0 Å². The molecule has 2 saturated heterocycles. The lowest BCUT2D eigenvalue weighted by molar-refractivity contribution is -0.172. The lowest BCUT2D eigenvalue weighted by atomic mass is 9.83. The second-order valence-electron chi connectivity index (χ2n) is 8.30. The van der Waals surface area contributed by atoms with Gasteiger partial charge in [0, 0.05) is 63.4 Å². The molecule has 1 saturated carbocycles. The predicted molar refractivity (Wildman–Crippen MR) is 104 cm³/mol. The summed E-state index contributed by atoms with van der Waals surface area (Å²) in [5, 5.41) is 0. The molecule has 28 heavy (non-hydrogen) atoms. The zero-order valence-electron chi connectivity index (χ0n) is 16.0. The quantitative estimate of drug-likeness (QED) is 0.797. The number of hydrogen-bond acceptors (Lipinski definition) is 5. The van der Waals surface area contributed by atoms with Gasteiger partial charge in [-0.3, -0.25) is 19.7 Å². The fraction of sp³-hybridized carbons (Fsp3) is 0.500. The van der Waals surface area contributed by atoms with Gasteiger partial charge in [0.1, 0.15) is 0 Å². The molecule has 0 aromatic carbocycles. The molecule has 6 heteroatoms. The lowest BCUT2D eigenvalue weighted by Crippen LogP contribution is -2.60. The zero-order chi connectivity index (χ0) is 19.0. The SMILES string of the molecule is O=C1N(CC2CC2)CCO[C@@]12CN(Cc1ccncc1)C[C@@H]2c1cccnc1. The van der Waals surface area contributed by atoms with Gasteiger partial charge in [0.15, 0.2) is 5.60 Å². The van der Waals surface area contributed by atoms with E-state index in [1.165, 1.54) is 18.4 Å². The second-order valence-corrected chi connectivity index (χ2v) is 8.30. The van der Waals surface area contributed by atoms with E-state index < -0.39 is 5.60 Å². The van der Waals surface area contributed by atoms with Crippen LogP contribution in [0.25, 0.3) is 0 Å². The number of pyridine rings is 2. The molecule has 1 amide bonds. The first-order valence-electron chi connectivity index (χ1n) is 10.2. The number of morpholine rings is 1. The molecule has 6 nitrogen and oxygen atoms in total. The number of hydrogen-bond donors (Lipinski definition) is 0. The Kier molecular flexibility index (Phi) is 4.61. The Morgan fingerprint density at radius 1 is 1.14 bits per heavy atom. The van der Waals surface area contributed by atoms with E-state index in [2.05, 4.69) is 25.8 Å². The third-order valence-corrected chi connectivity index (χ3v) is 6.25. The molecule has 1 spiro atoms. The molecule has 1 aliphatic carbocycles. The Morgan fingerprint density at radius 2 is 2.00 bits per heavy atom. The van der Waals surface area contributed by atoms with Gasteiger partial charge in [-0.2, -0.15) is 0 Å². The summed E-state index contributed by atoms with van der Waals surface area (Å²) in [6.45, 7) is 4.40. The number of amides is 1. The topological polar surface area (TPSA) is 58.6 Å². The molecule has 146 valence electrons. The summed E-state index contributed by atoms with van der Waals surface area (Å²) in [5.74, 6) is 0.847.